The van der Waals surface area contributed by atoms with E-state index < -0.39 is 33.8 Å². The number of hydrogen-bond acceptors (Lipinski definition) is 9. The van der Waals surface area contributed by atoms with Gasteiger partial charge in [0.25, 0.3) is 15.9 Å². The van der Waals surface area contributed by atoms with Gasteiger partial charge < -0.3 is 19.3 Å². The third-order valence-electron chi connectivity index (χ3n) is 7.97. The van der Waals surface area contributed by atoms with Crippen molar-refractivity contribution in [3.8, 4) is 11.8 Å². The number of methoxy groups -OCH3 is 1. The molecule has 2 heterocycles. The molecule has 13 heteroatoms. The van der Waals surface area contributed by atoms with Gasteiger partial charge in [-0.25, -0.2) is 22.4 Å². The van der Waals surface area contributed by atoms with Crippen LogP contribution in [0.1, 0.15) is 35.1 Å². The Hall–Kier alpha value is -4.15. The summed E-state index contributed by atoms with van der Waals surface area (Å²) in [5.41, 5.74) is 0.114. The fraction of sp³-hybridized carbons (Fsp3) is 0.344. The Morgan fingerprint density at radius 3 is 2.40 bits per heavy atom. The van der Waals surface area contributed by atoms with E-state index in [1.165, 1.54) is 48.4 Å². The Kier molecular flexibility index (Phi) is 8.83. The van der Waals surface area contributed by atoms with Crippen molar-refractivity contribution in [2.75, 3.05) is 46.2 Å². The van der Waals surface area contributed by atoms with Crippen LogP contribution in [0.25, 0.3) is 0 Å². The van der Waals surface area contributed by atoms with Crippen LogP contribution in [-0.2, 0) is 31.6 Å². The van der Waals surface area contributed by atoms with Crippen LogP contribution in [-0.4, -0.2) is 83.2 Å². The quantitative estimate of drug-likeness (QED) is 0.349. The number of amides is 2. The standard InChI is InChI=1S/C32H34ClN5O6S/c1-35(2)20-22-10-15-28(43-5)26(17-22)32(37-16-6-7-29(37)44-31(40)36(3)4)25-18-23(33)11-14-27(25)38(30(32)39)45(41,42)24-12-8-21(19-34)9-13-24/h8-15,17-18,29H,6-7,16,20H2,1-5H3/t29-,32?/m0/s1. The number of likely N-dealkylation sites (tertiary alicyclic amines) is 1. The third kappa shape index (κ3) is 5.50. The van der Waals surface area contributed by atoms with Crippen LogP contribution >= 0.6 is 11.6 Å². The Labute approximate surface area is 268 Å². The number of sulfonamides is 1. The maximum atomic E-state index is 15.3. The van der Waals surface area contributed by atoms with Gasteiger partial charge in [0.2, 0.25) is 0 Å². The van der Waals surface area contributed by atoms with Gasteiger partial charge in [0.15, 0.2) is 11.8 Å². The maximum Gasteiger partial charge on any atom is 0.410 e. The van der Waals surface area contributed by atoms with Gasteiger partial charge in [-0.3, -0.25) is 4.79 Å². The largest absolute Gasteiger partial charge is 0.496 e. The zero-order chi connectivity index (χ0) is 32.7. The number of carbonyl (C=O) groups excluding carboxylic acids is 2. The third-order valence-corrected chi connectivity index (χ3v) is 9.91. The maximum absolute atomic E-state index is 15.3. The van der Waals surface area contributed by atoms with Gasteiger partial charge in [-0.1, -0.05) is 17.7 Å². The Morgan fingerprint density at radius 1 is 1.07 bits per heavy atom. The molecule has 2 aliphatic heterocycles. The SMILES string of the molecule is COc1ccc(CN(C)C)cc1C1(N2CCC[C@@H]2OC(=O)N(C)C)C(=O)N(S(=O)(=O)c2ccc(C#N)cc2)c2ccc(Cl)cc21. The molecule has 0 saturated carbocycles. The minimum absolute atomic E-state index is 0.110. The van der Waals surface area contributed by atoms with Crippen molar-refractivity contribution in [1.29, 1.82) is 5.26 Å². The molecular formula is C32H34ClN5O6S. The molecule has 5 rings (SSSR count). The number of nitriles is 1. The molecule has 0 aliphatic carbocycles. The summed E-state index contributed by atoms with van der Waals surface area (Å²) in [6.07, 6.45) is -0.505. The summed E-state index contributed by atoms with van der Waals surface area (Å²) in [5.74, 6) is -0.448. The summed E-state index contributed by atoms with van der Waals surface area (Å²) >= 11 is 6.58. The lowest BCUT2D eigenvalue weighted by atomic mass is 9.80. The Morgan fingerprint density at radius 2 is 1.78 bits per heavy atom. The summed E-state index contributed by atoms with van der Waals surface area (Å²) in [5, 5.41) is 9.55. The van der Waals surface area contributed by atoms with Crippen LogP contribution in [0.2, 0.25) is 5.02 Å². The average Bonchev–Trinajstić information content (AvgIpc) is 3.56. The normalized spacial score (nSPS) is 19.8. The summed E-state index contributed by atoms with van der Waals surface area (Å²) in [6, 6.07) is 17.4. The molecular weight excluding hydrogens is 618 g/mol. The van der Waals surface area contributed by atoms with E-state index in [9.17, 15) is 18.5 Å². The van der Waals surface area contributed by atoms with Crippen molar-refractivity contribution in [2.24, 2.45) is 0 Å². The van der Waals surface area contributed by atoms with E-state index in [1.54, 1.807) is 31.1 Å². The average molecular weight is 652 g/mol. The summed E-state index contributed by atoms with van der Waals surface area (Å²) < 4.78 is 41.3. The number of nitrogens with zero attached hydrogens (tertiary/aromatic N) is 5. The predicted molar refractivity (Wildman–Crippen MR) is 168 cm³/mol. The number of halogens is 1. The van der Waals surface area contributed by atoms with E-state index >= 15 is 4.79 Å². The molecule has 3 aromatic carbocycles. The first-order valence-electron chi connectivity index (χ1n) is 14.2. The zero-order valence-corrected chi connectivity index (χ0v) is 27.2. The lowest BCUT2D eigenvalue weighted by molar-refractivity contribution is -0.132. The van der Waals surface area contributed by atoms with Crippen LogP contribution in [0, 0.1) is 11.3 Å². The van der Waals surface area contributed by atoms with E-state index in [1.807, 2.05) is 37.2 Å². The van der Waals surface area contributed by atoms with Gasteiger partial charge in [0.05, 0.1) is 29.3 Å². The molecule has 3 aromatic rings. The van der Waals surface area contributed by atoms with Gasteiger partial charge in [-0.15, -0.1) is 0 Å². The van der Waals surface area contributed by atoms with Crippen LogP contribution in [0.4, 0.5) is 10.5 Å². The molecule has 0 aromatic heterocycles. The van der Waals surface area contributed by atoms with E-state index in [0.29, 0.717) is 42.8 Å². The second-order valence-corrected chi connectivity index (χ2v) is 13.6. The van der Waals surface area contributed by atoms with Gasteiger partial charge in [0.1, 0.15) is 5.75 Å². The van der Waals surface area contributed by atoms with Gasteiger partial charge >= 0.3 is 6.09 Å². The first kappa shape index (κ1) is 32.2. The minimum atomic E-state index is -4.51. The van der Waals surface area contributed by atoms with Crippen molar-refractivity contribution >= 4 is 39.3 Å². The Balaban J connectivity index is 1.83. The van der Waals surface area contributed by atoms with Crippen LogP contribution in [0.3, 0.4) is 0 Å². The highest BCUT2D eigenvalue weighted by molar-refractivity contribution is 7.93. The van der Waals surface area contributed by atoms with Crippen molar-refractivity contribution in [2.45, 2.75) is 36.0 Å². The van der Waals surface area contributed by atoms with E-state index in [-0.39, 0.29) is 21.2 Å². The second kappa shape index (κ2) is 12.3. The number of benzene rings is 3. The highest BCUT2D eigenvalue weighted by atomic mass is 35.5. The number of fused-ring (bicyclic) bond motifs is 1. The highest BCUT2D eigenvalue weighted by Gasteiger charge is 2.63. The summed E-state index contributed by atoms with van der Waals surface area (Å²) in [7, 11) is 3.93. The lowest BCUT2D eigenvalue weighted by Crippen LogP contribution is -2.57. The van der Waals surface area contributed by atoms with E-state index in [2.05, 4.69) is 0 Å². The smallest absolute Gasteiger partial charge is 0.410 e. The number of hydrogen-bond donors (Lipinski definition) is 0. The molecule has 0 N–H and O–H groups in total. The number of ether oxygens (including phenoxy) is 2. The molecule has 0 spiro atoms. The molecule has 1 fully saturated rings. The molecule has 2 aliphatic rings. The predicted octanol–water partition coefficient (Wildman–Crippen LogP) is 4.38. The van der Waals surface area contributed by atoms with Gasteiger partial charge in [-0.2, -0.15) is 5.26 Å². The van der Waals surface area contributed by atoms with E-state index in [4.69, 9.17) is 21.1 Å². The molecule has 0 radical (unpaired) electrons. The molecule has 11 nitrogen and oxygen atoms in total. The summed E-state index contributed by atoms with van der Waals surface area (Å²) in [4.78, 5) is 33.0. The number of carbonyl (C=O) groups is 2. The molecule has 0 bridgehead atoms. The molecule has 236 valence electrons. The molecule has 45 heavy (non-hydrogen) atoms. The van der Waals surface area contributed by atoms with Crippen LogP contribution in [0.5, 0.6) is 5.75 Å². The second-order valence-electron chi connectivity index (χ2n) is 11.4. The topological polar surface area (TPSA) is 123 Å². The monoisotopic (exact) mass is 651 g/mol. The van der Waals surface area contributed by atoms with Crippen LogP contribution in [0.15, 0.2) is 65.6 Å². The van der Waals surface area contributed by atoms with Crippen molar-refractivity contribution < 1.29 is 27.5 Å². The molecule has 1 unspecified atom stereocenters. The number of anilines is 1. The Bertz CT molecular complexity index is 1790. The number of rotatable bonds is 8. The van der Waals surface area contributed by atoms with Crippen molar-refractivity contribution in [3.63, 3.8) is 0 Å². The van der Waals surface area contributed by atoms with Gasteiger partial charge in [-0.05, 0) is 87.1 Å². The van der Waals surface area contributed by atoms with Crippen LogP contribution < -0.4 is 9.04 Å². The lowest BCUT2D eigenvalue weighted by Gasteiger charge is -2.41. The summed E-state index contributed by atoms with van der Waals surface area (Å²) in [6.45, 7) is 0.824. The first-order valence-corrected chi connectivity index (χ1v) is 16.0. The van der Waals surface area contributed by atoms with Crippen molar-refractivity contribution in [3.05, 3.63) is 87.9 Å². The van der Waals surface area contributed by atoms with E-state index in [0.717, 1.165) is 9.87 Å². The minimum Gasteiger partial charge on any atom is -0.496 e. The van der Waals surface area contributed by atoms with Crippen molar-refractivity contribution in [1.82, 2.24) is 14.7 Å². The molecule has 1 saturated heterocycles. The first-order chi connectivity index (χ1) is 21.4. The molecule has 2 amide bonds. The zero-order valence-electron chi connectivity index (χ0n) is 25.7. The fourth-order valence-corrected chi connectivity index (χ4v) is 7.68. The van der Waals surface area contributed by atoms with Gasteiger partial charge in [0, 0.05) is 43.3 Å². The molecule has 2 atom stereocenters. The highest BCUT2D eigenvalue weighted by Crippen LogP contribution is 2.55. The fourth-order valence-electron chi connectivity index (χ4n) is 6.05.